The molecule has 3 heterocycles. The summed E-state index contributed by atoms with van der Waals surface area (Å²) in [7, 11) is 0. The molecule has 0 aliphatic carbocycles. The van der Waals surface area contributed by atoms with Crippen LogP contribution in [0.4, 0.5) is 5.82 Å². The Morgan fingerprint density at radius 2 is 2.05 bits per heavy atom. The minimum atomic E-state index is 0.613. The molecule has 2 fully saturated rings. The number of nitrogens with zero attached hydrogens (tertiary/aromatic N) is 3. The first kappa shape index (κ1) is 11.9. The van der Waals surface area contributed by atoms with Crippen molar-refractivity contribution in [3.05, 3.63) is 42.6 Å². The van der Waals surface area contributed by atoms with Gasteiger partial charge in [-0.25, -0.2) is 9.97 Å². The molecule has 102 valence electrons. The fourth-order valence-corrected chi connectivity index (χ4v) is 3.22. The zero-order chi connectivity index (χ0) is 13.4. The van der Waals surface area contributed by atoms with Gasteiger partial charge in [-0.1, -0.05) is 30.3 Å². The highest BCUT2D eigenvalue weighted by Crippen LogP contribution is 2.33. The molecule has 2 aliphatic heterocycles. The number of anilines is 1. The topological polar surface area (TPSA) is 41.1 Å². The van der Waals surface area contributed by atoms with Crippen molar-refractivity contribution in [1.82, 2.24) is 15.3 Å². The van der Waals surface area contributed by atoms with Crippen molar-refractivity contribution in [2.24, 2.45) is 5.92 Å². The Bertz CT molecular complexity index is 598. The molecule has 2 aliphatic rings. The van der Waals surface area contributed by atoms with Crippen molar-refractivity contribution in [3.63, 3.8) is 0 Å². The van der Waals surface area contributed by atoms with E-state index in [4.69, 9.17) is 4.98 Å². The molecular formula is C16H18N4. The monoisotopic (exact) mass is 266 g/mol. The Balaban J connectivity index is 1.61. The number of piperidine rings is 1. The summed E-state index contributed by atoms with van der Waals surface area (Å²) in [4.78, 5) is 11.6. The van der Waals surface area contributed by atoms with Crippen molar-refractivity contribution >= 4 is 5.82 Å². The summed E-state index contributed by atoms with van der Waals surface area (Å²) in [6.45, 7) is 3.38. The van der Waals surface area contributed by atoms with Gasteiger partial charge in [0, 0.05) is 30.9 Å². The Morgan fingerprint density at radius 1 is 1.15 bits per heavy atom. The summed E-state index contributed by atoms with van der Waals surface area (Å²) in [5, 5.41) is 3.48. The predicted molar refractivity (Wildman–Crippen MR) is 79.6 cm³/mol. The molecule has 0 radical (unpaired) electrons. The highest BCUT2D eigenvalue weighted by molar-refractivity contribution is 5.57. The lowest BCUT2D eigenvalue weighted by atomic mass is 9.83. The smallest absolute Gasteiger partial charge is 0.161 e. The van der Waals surface area contributed by atoms with E-state index in [0.29, 0.717) is 6.04 Å². The molecule has 4 rings (SSSR count). The van der Waals surface area contributed by atoms with Crippen LogP contribution in [0.3, 0.4) is 0 Å². The molecule has 1 N–H and O–H groups in total. The van der Waals surface area contributed by atoms with Gasteiger partial charge in [-0.05, 0) is 24.9 Å². The molecule has 0 bridgehead atoms. The lowest BCUT2D eigenvalue weighted by molar-refractivity contribution is 0.227. The molecule has 4 heteroatoms. The Morgan fingerprint density at radius 3 is 2.90 bits per heavy atom. The van der Waals surface area contributed by atoms with Gasteiger partial charge in [-0.3, -0.25) is 0 Å². The quantitative estimate of drug-likeness (QED) is 0.902. The van der Waals surface area contributed by atoms with Crippen LogP contribution in [-0.4, -0.2) is 35.6 Å². The normalized spacial score (nSPS) is 24.9. The van der Waals surface area contributed by atoms with Crippen LogP contribution in [-0.2, 0) is 0 Å². The number of benzene rings is 1. The molecule has 2 saturated heterocycles. The van der Waals surface area contributed by atoms with Crippen LogP contribution in [0.5, 0.6) is 0 Å². The van der Waals surface area contributed by atoms with Gasteiger partial charge in [0.1, 0.15) is 5.82 Å². The summed E-state index contributed by atoms with van der Waals surface area (Å²) in [6.07, 6.45) is 3.16. The SMILES string of the molecule is c1ccc(-c2nccc(N3CC4CCNCC43)n2)cc1. The summed E-state index contributed by atoms with van der Waals surface area (Å²) in [5.74, 6) is 2.71. The van der Waals surface area contributed by atoms with E-state index in [1.54, 1.807) is 0 Å². The van der Waals surface area contributed by atoms with E-state index in [-0.39, 0.29) is 0 Å². The average molecular weight is 266 g/mol. The second kappa shape index (κ2) is 4.87. The van der Waals surface area contributed by atoms with Gasteiger partial charge in [-0.2, -0.15) is 0 Å². The van der Waals surface area contributed by atoms with E-state index in [1.807, 2.05) is 30.5 Å². The molecule has 1 aromatic heterocycles. The van der Waals surface area contributed by atoms with Crippen molar-refractivity contribution in [2.45, 2.75) is 12.5 Å². The maximum atomic E-state index is 4.74. The number of aromatic nitrogens is 2. The number of nitrogens with one attached hydrogen (secondary N) is 1. The van der Waals surface area contributed by atoms with Crippen LogP contribution in [0.2, 0.25) is 0 Å². The number of rotatable bonds is 2. The maximum absolute atomic E-state index is 4.74. The van der Waals surface area contributed by atoms with Gasteiger partial charge in [0.25, 0.3) is 0 Å². The molecule has 0 spiro atoms. The van der Waals surface area contributed by atoms with Crippen LogP contribution in [0.15, 0.2) is 42.6 Å². The van der Waals surface area contributed by atoms with Gasteiger partial charge in [0.05, 0.1) is 0 Å². The Hall–Kier alpha value is -1.94. The number of hydrogen-bond acceptors (Lipinski definition) is 4. The van der Waals surface area contributed by atoms with E-state index in [2.05, 4.69) is 27.3 Å². The fraction of sp³-hybridized carbons (Fsp3) is 0.375. The fourth-order valence-electron chi connectivity index (χ4n) is 3.22. The van der Waals surface area contributed by atoms with Crippen LogP contribution in [0.25, 0.3) is 11.4 Å². The lowest BCUT2D eigenvalue weighted by Gasteiger charge is -2.51. The molecule has 0 saturated carbocycles. The molecule has 2 atom stereocenters. The maximum Gasteiger partial charge on any atom is 0.161 e. The third-order valence-electron chi connectivity index (χ3n) is 4.39. The van der Waals surface area contributed by atoms with Crippen molar-refractivity contribution in [3.8, 4) is 11.4 Å². The standard InChI is InChI=1S/C16H18N4/c1-2-4-12(5-3-1)16-18-9-7-15(19-16)20-11-13-6-8-17-10-14(13)20/h1-5,7,9,13-14,17H,6,8,10-11H2. The first-order chi connectivity index (χ1) is 9.92. The van der Waals surface area contributed by atoms with Gasteiger partial charge in [0.15, 0.2) is 5.82 Å². The third kappa shape index (κ3) is 1.96. The third-order valence-corrected chi connectivity index (χ3v) is 4.39. The average Bonchev–Trinajstić information content (AvgIpc) is 2.50. The molecule has 0 amide bonds. The first-order valence-electron chi connectivity index (χ1n) is 7.27. The number of fused-ring (bicyclic) bond motifs is 1. The van der Waals surface area contributed by atoms with E-state index in [9.17, 15) is 0 Å². The van der Waals surface area contributed by atoms with Crippen molar-refractivity contribution in [1.29, 1.82) is 0 Å². The second-order valence-electron chi connectivity index (χ2n) is 5.58. The van der Waals surface area contributed by atoms with Gasteiger partial charge >= 0.3 is 0 Å². The van der Waals surface area contributed by atoms with E-state index in [1.165, 1.54) is 6.42 Å². The zero-order valence-corrected chi connectivity index (χ0v) is 11.4. The Kier molecular flexibility index (Phi) is 2.89. The molecule has 4 nitrogen and oxygen atoms in total. The molecule has 2 unspecified atom stereocenters. The second-order valence-corrected chi connectivity index (χ2v) is 5.58. The van der Waals surface area contributed by atoms with Crippen LogP contribution < -0.4 is 10.2 Å². The van der Waals surface area contributed by atoms with Crippen LogP contribution in [0.1, 0.15) is 6.42 Å². The largest absolute Gasteiger partial charge is 0.352 e. The molecular weight excluding hydrogens is 248 g/mol. The van der Waals surface area contributed by atoms with Gasteiger partial charge in [-0.15, -0.1) is 0 Å². The summed E-state index contributed by atoms with van der Waals surface area (Å²) in [6, 6.07) is 12.8. The van der Waals surface area contributed by atoms with E-state index in [0.717, 1.165) is 42.8 Å². The van der Waals surface area contributed by atoms with Crippen LogP contribution >= 0.6 is 0 Å². The van der Waals surface area contributed by atoms with E-state index < -0.39 is 0 Å². The minimum Gasteiger partial charge on any atom is -0.352 e. The lowest BCUT2D eigenvalue weighted by Crippen LogP contribution is -2.64. The first-order valence-corrected chi connectivity index (χ1v) is 7.27. The molecule has 2 aromatic rings. The van der Waals surface area contributed by atoms with Crippen molar-refractivity contribution in [2.75, 3.05) is 24.5 Å². The molecule has 20 heavy (non-hydrogen) atoms. The van der Waals surface area contributed by atoms with Gasteiger partial charge in [0.2, 0.25) is 0 Å². The summed E-state index contributed by atoms with van der Waals surface area (Å²) in [5.41, 5.74) is 1.08. The van der Waals surface area contributed by atoms with Crippen molar-refractivity contribution < 1.29 is 0 Å². The van der Waals surface area contributed by atoms with Crippen LogP contribution in [0, 0.1) is 5.92 Å². The zero-order valence-electron chi connectivity index (χ0n) is 11.4. The highest BCUT2D eigenvalue weighted by atomic mass is 15.3. The Labute approximate surface area is 118 Å². The predicted octanol–water partition coefficient (Wildman–Crippen LogP) is 1.94. The van der Waals surface area contributed by atoms with Gasteiger partial charge < -0.3 is 10.2 Å². The summed E-state index contributed by atoms with van der Waals surface area (Å²) >= 11 is 0. The van der Waals surface area contributed by atoms with E-state index >= 15 is 0 Å². The highest BCUT2D eigenvalue weighted by Gasteiger charge is 2.40. The summed E-state index contributed by atoms with van der Waals surface area (Å²) < 4.78 is 0. The number of hydrogen-bond donors (Lipinski definition) is 1. The molecule has 1 aromatic carbocycles. The minimum absolute atomic E-state index is 0.613.